The Labute approximate surface area is 108 Å². The zero-order valence-electron chi connectivity index (χ0n) is 9.54. The van der Waals surface area contributed by atoms with Crippen molar-refractivity contribution >= 4 is 28.3 Å². The monoisotopic (exact) mass is 268 g/mol. The SMILES string of the molecule is CCOC(=O)c1cc(O)c2ccc(Cl)c(F)c2c1. The minimum Gasteiger partial charge on any atom is -0.507 e. The predicted octanol–water partition coefficient (Wildman–Crippen LogP) is 3.51. The second-order valence-corrected chi connectivity index (χ2v) is 4.08. The summed E-state index contributed by atoms with van der Waals surface area (Å²) in [5, 5.41) is 10.1. The Balaban J connectivity index is 2.67. The molecule has 0 saturated carbocycles. The van der Waals surface area contributed by atoms with E-state index in [1.807, 2.05) is 0 Å². The summed E-state index contributed by atoms with van der Waals surface area (Å²) in [6, 6.07) is 5.40. The van der Waals surface area contributed by atoms with Gasteiger partial charge in [0.05, 0.1) is 17.2 Å². The first kappa shape index (κ1) is 12.6. The molecule has 0 amide bonds. The van der Waals surface area contributed by atoms with Gasteiger partial charge in [0.15, 0.2) is 0 Å². The number of phenolic OH excluding ortho intramolecular Hbond substituents is 1. The van der Waals surface area contributed by atoms with E-state index in [-0.39, 0.29) is 28.3 Å². The molecule has 0 saturated heterocycles. The first-order valence-electron chi connectivity index (χ1n) is 5.32. The standard InChI is InChI=1S/C13H10ClFO3/c1-2-18-13(17)7-5-9-8(11(16)6-7)3-4-10(14)12(9)15/h3-6,16H,2H2,1H3. The van der Waals surface area contributed by atoms with E-state index in [0.29, 0.717) is 5.39 Å². The van der Waals surface area contributed by atoms with Crippen molar-refractivity contribution in [3.63, 3.8) is 0 Å². The molecule has 1 N–H and O–H groups in total. The van der Waals surface area contributed by atoms with Crippen LogP contribution in [0.1, 0.15) is 17.3 Å². The van der Waals surface area contributed by atoms with Gasteiger partial charge in [0.25, 0.3) is 0 Å². The molecular weight excluding hydrogens is 259 g/mol. The third kappa shape index (κ3) is 2.11. The number of aromatic hydroxyl groups is 1. The molecule has 0 aliphatic carbocycles. The van der Waals surface area contributed by atoms with E-state index in [4.69, 9.17) is 16.3 Å². The molecule has 5 heteroatoms. The minimum atomic E-state index is -0.671. The number of hydrogen-bond acceptors (Lipinski definition) is 3. The van der Waals surface area contributed by atoms with Gasteiger partial charge in [-0.1, -0.05) is 11.6 Å². The number of carbonyl (C=O) groups is 1. The molecular formula is C13H10ClFO3. The normalized spacial score (nSPS) is 10.6. The quantitative estimate of drug-likeness (QED) is 0.848. The van der Waals surface area contributed by atoms with Crippen LogP contribution in [-0.2, 0) is 4.74 Å². The van der Waals surface area contributed by atoms with Crippen LogP contribution in [0.25, 0.3) is 10.8 Å². The van der Waals surface area contributed by atoms with E-state index in [1.165, 1.54) is 24.3 Å². The second kappa shape index (κ2) is 4.82. The molecule has 0 aromatic heterocycles. The van der Waals surface area contributed by atoms with Crippen LogP contribution in [0.3, 0.4) is 0 Å². The van der Waals surface area contributed by atoms with Gasteiger partial charge in [-0.2, -0.15) is 0 Å². The van der Waals surface area contributed by atoms with Crippen LogP contribution in [0, 0.1) is 5.82 Å². The Hall–Kier alpha value is -1.81. The van der Waals surface area contributed by atoms with E-state index in [1.54, 1.807) is 6.92 Å². The van der Waals surface area contributed by atoms with Gasteiger partial charge in [0.2, 0.25) is 0 Å². The van der Waals surface area contributed by atoms with Crippen molar-refractivity contribution in [2.45, 2.75) is 6.92 Å². The Morgan fingerprint density at radius 3 is 2.78 bits per heavy atom. The molecule has 0 atom stereocenters. The van der Waals surface area contributed by atoms with Crippen LogP contribution < -0.4 is 0 Å². The molecule has 0 radical (unpaired) electrons. The Morgan fingerprint density at radius 2 is 2.11 bits per heavy atom. The van der Waals surface area contributed by atoms with Crippen molar-refractivity contribution in [1.82, 2.24) is 0 Å². The van der Waals surface area contributed by atoms with Crippen LogP contribution in [-0.4, -0.2) is 17.7 Å². The summed E-state index contributed by atoms with van der Waals surface area (Å²) in [7, 11) is 0. The van der Waals surface area contributed by atoms with Crippen molar-refractivity contribution in [3.8, 4) is 5.75 Å². The van der Waals surface area contributed by atoms with Crippen LogP contribution >= 0.6 is 11.6 Å². The number of phenols is 1. The third-order valence-electron chi connectivity index (χ3n) is 2.51. The first-order valence-corrected chi connectivity index (χ1v) is 5.70. The van der Waals surface area contributed by atoms with Crippen LogP contribution in [0.2, 0.25) is 5.02 Å². The van der Waals surface area contributed by atoms with Gasteiger partial charge < -0.3 is 9.84 Å². The van der Waals surface area contributed by atoms with Crippen LogP contribution in [0.5, 0.6) is 5.75 Å². The molecule has 18 heavy (non-hydrogen) atoms. The third-order valence-corrected chi connectivity index (χ3v) is 2.80. The van der Waals surface area contributed by atoms with Gasteiger partial charge in [-0.3, -0.25) is 0 Å². The number of halogens is 2. The summed E-state index contributed by atoms with van der Waals surface area (Å²) >= 11 is 5.66. The Bertz CT molecular complexity index is 625. The average molecular weight is 269 g/mol. The topological polar surface area (TPSA) is 46.5 Å². The summed E-state index contributed by atoms with van der Waals surface area (Å²) < 4.78 is 18.6. The predicted molar refractivity (Wildman–Crippen MR) is 66.5 cm³/mol. The molecule has 0 spiro atoms. The maximum atomic E-state index is 13.8. The lowest BCUT2D eigenvalue weighted by Gasteiger charge is -2.07. The zero-order valence-corrected chi connectivity index (χ0v) is 10.3. The van der Waals surface area contributed by atoms with E-state index in [9.17, 15) is 14.3 Å². The largest absolute Gasteiger partial charge is 0.507 e. The van der Waals surface area contributed by atoms with Crippen molar-refractivity contribution in [1.29, 1.82) is 0 Å². The van der Waals surface area contributed by atoms with Crippen molar-refractivity contribution < 1.29 is 19.0 Å². The highest BCUT2D eigenvalue weighted by Gasteiger charge is 2.14. The van der Waals surface area contributed by atoms with Crippen molar-refractivity contribution in [2.24, 2.45) is 0 Å². The summed E-state index contributed by atoms with van der Waals surface area (Å²) in [6.45, 7) is 1.87. The average Bonchev–Trinajstić information content (AvgIpc) is 2.34. The Morgan fingerprint density at radius 1 is 1.39 bits per heavy atom. The van der Waals surface area contributed by atoms with E-state index < -0.39 is 11.8 Å². The first-order chi connectivity index (χ1) is 8.54. The molecule has 2 rings (SSSR count). The van der Waals surface area contributed by atoms with Gasteiger partial charge in [-0.25, -0.2) is 9.18 Å². The lowest BCUT2D eigenvalue weighted by atomic mass is 10.1. The van der Waals surface area contributed by atoms with E-state index in [0.717, 1.165) is 0 Å². The molecule has 0 aliphatic rings. The molecule has 0 unspecified atom stereocenters. The van der Waals surface area contributed by atoms with Gasteiger partial charge in [-0.05, 0) is 31.2 Å². The zero-order chi connectivity index (χ0) is 13.3. The molecule has 2 aromatic rings. The highest BCUT2D eigenvalue weighted by Crippen LogP contribution is 2.31. The fourth-order valence-electron chi connectivity index (χ4n) is 1.69. The maximum Gasteiger partial charge on any atom is 0.338 e. The van der Waals surface area contributed by atoms with Gasteiger partial charge in [0.1, 0.15) is 11.6 Å². The van der Waals surface area contributed by atoms with Crippen LogP contribution in [0.15, 0.2) is 24.3 Å². The van der Waals surface area contributed by atoms with Gasteiger partial charge in [-0.15, -0.1) is 0 Å². The fourth-order valence-corrected chi connectivity index (χ4v) is 1.85. The lowest BCUT2D eigenvalue weighted by Crippen LogP contribution is -2.04. The molecule has 94 valence electrons. The van der Waals surface area contributed by atoms with E-state index >= 15 is 0 Å². The maximum absolute atomic E-state index is 13.8. The summed E-state index contributed by atoms with van der Waals surface area (Å²) in [6.07, 6.45) is 0. The number of benzene rings is 2. The summed E-state index contributed by atoms with van der Waals surface area (Å²) in [4.78, 5) is 11.5. The highest BCUT2D eigenvalue weighted by molar-refractivity contribution is 6.31. The Kier molecular flexibility index (Phi) is 3.39. The molecule has 2 aromatic carbocycles. The van der Waals surface area contributed by atoms with E-state index in [2.05, 4.69) is 0 Å². The van der Waals surface area contributed by atoms with Gasteiger partial charge >= 0.3 is 5.97 Å². The summed E-state index contributed by atoms with van der Waals surface area (Å²) in [5.74, 6) is -1.48. The number of hydrogen-bond donors (Lipinski definition) is 1. The molecule has 0 heterocycles. The number of carbonyl (C=O) groups excluding carboxylic acids is 1. The minimum absolute atomic E-state index is 0.0668. The molecule has 3 nitrogen and oxygen atoms in total. The number of esters is 1. The summed E-state index contributed by atoms with van der Waals surface area (Å²) in [5.41, 5.74) is 0.0861. The second-order valence-electron chi connectivity index (χ2n) is 3.67. The van der Waals surface area contributed by atoms with Crippen molar-refractivity contribution in [2.75, 3.05) is 6.61 Å². The smallest absolute Gasteiger partial charge is 0.338 e. The lowest BCUT2D eigenvalue weighted by molar-refractivity contribution is 0.0526. The number of fused-ring (bicyclic) bond motifs is 1. The number of rotatable bonds is 2. The number of ether oxygens (including phenoxy) is 1. The fraction of sp³-hybridized carbons (Fsp3) is 0.154. The molecule has 0 aliphatic heterocycles. The van der Waals surface area contributed by atoms with Crippen LogP contribution in [0.4, 0.5) is 4.39 Å². The van der Waals surface area contributed by atoms with Crippen molar-refractivity contribution in [3.05, 3.63) is 40.7 Å². The van der Waals surface area contributed by atoms with Gasteiger partial charge in [0, 0.05) is 10.8 Å². The molecule has 0 fully saturated rings. The highest BCUT2D eigenvalue weighted by atomic mass is 35.5. The molecule has 0 bridgehead atoms.